The average molecular weight is 292 g/mol. The molecule has 1 N–H and O–H groups in total. The van der Waals surface area contributed by atoms with Gasteiger partial charge in [0.05, 0.1) is 11.3 Å². The molecule has 21 heavy (non-hydrogen) atoms. The zero-order chi connectivity index (χ0) is 15.2. The highest BCUT2D eigenvalue weighted by atomic mass is 16.6. The maximum absolute atomic E-state index is 12.3. The molecule has 6 heteroatoms. The Balaban J connectivity index is 1.95. The maximum Gasteiger partial charge on any atom is 0.269 e. The third kappa shape index (κ3) is 4.01. The minimum absolute atomic E-state index is 0.0354. The highest BCUT2D eigenvalue weighted by molar-refractivity contribution is 5.79. The SMILES string of the molecule is O=C(Cc1ccc([N+](=O)[O-])cc1)N1CCCC1CCCO. The molecule has 0 aromatic heterocycles. The lowest BCUT2D eigenvalue weighted by Gasteiger charge is -2.24. The number of hydrogen-bond acceptors (Lipinski definition) is 4. The zero-order valence-electron chi connectivity index (χ0n) is 11.9. The highest BCUT2D eigenvalue weighted by Crippen LogP contribution is 2.22. The van der Waals surface area contributed by atoms with Gasteiger partial charge in [-0.15, -0.1) is 0 Å². The van der Waals surface area contributed by atoms with Crippen molar-refractivity contribution in [1.82, 2.24) is 4.90 Å². The smallest absolute Gasteiger partial charge is 0.269 e. The predicted octanol–water partition coefficient (Wildman–Crippen LogP) is 1.90. The largest absolute Gasteiger partial charge is 0.396 e. The van der Waals surface area contributed by atoms with Crippen molar-refractivity contribution in [3.63, 3.8) is 0 Å². The summed E-state index contributed by atoms with van der Waals surface area (Å²) in [4.78, 5) is 24.4. The van der Waals surface area contributed by atoms with E-state index in [-0.39, 0.29) is 30.7 Å². The average Bonchev–Trinajstić information content (AvgIpc) is 2.94. The number of carbonyl (C=O) groups excluding carboxylic acids is 1. The molecule has 0 radical (unpaired) electrons. The molecule has 0 aliphatic carbocycles. The Morgan fingerprint density at radius 2 is 2.10 bits per heavy atom. The van der Waals surface area contributed by atoms with Crippen molar-refractivity contribution in [1.29, 1.82) is 0 Å². The van der Waals surface area contributed by atoms with Gasteiger partial charge in [-0.25, -0.2) is 0 Å². The lowest BCUT2D eigenvalue weighted by molar-refractivity contribution is -0.384. The number of benzene rings is 1. The van der Waals surface area contributed by atoms with Crippen LogP contribution in [0.15, 0.2) is 24.3 Å². The molecule has 1 aliphatic heterocycles. The summed E-state index contributed by atoms with van der Waals surface area (Å²) in [6, 6.07) is 6.35. The molecule has 1 atom stereocenters. The van der Waals surface area contributed by atoms with E-state index in [1.165, 1.54) is 12.1 Å². The van der Waals surface area contributed by atoms with E-state index in [2.05, 4.69) is 0 Å². The van der Waals surface area contributed by atoms with E-state index in [1.54, 1.807) is 12.1 Å². The van der Waals surface area contributed by atoms with Crippen LogP contribution in [0.4, 0.5) is 5.69 Å². The summed E-state index contributed by atoms with van der Waals surface area (Å²) >= 11 is 0. The molecule has 1 amide bonds. The van der Waals surface area contributed by atoms with Crippen molar-refractivity contribution in [3.8, 4) is 0 Å². The summed E-state index contributed by atoms with van der Waals surface area (Å²) in [7, 11) is 0. The molecule has 1 aromatic carbocycles. The summed E-state index contributed by atoms with van der Waals surface area (Å²) < 4.78 is 0. The second-order valence-electron chi connectivity index (χ2n) is 5.35. The van der Waals surface area contributed by atoms with E-state index >= 15 is 0 Å². The Morgan fingerprint density at radius 1 is 1.38 bits per heavy atom. The Kier molecular flexibility index (Phi) is 5.27. The second kappa shape index (κ2) is 7.17. The first kappa shape index (κ1) is 15.4. The minimum Gasteiger partial charge on any atom is -0.396 e. The quantitative estimate of drug-likeness (QED) is 0.641. The van der Waals surface area contributed by atoms with Gasteiger partial charge in [0.25, 0.3) is 5.69 Å². The van der Waals surface area contributed by atoms with Crippen molar-refractivity contribution in [2.75, 3.05) is 13.2 Å². The number of aliphatic hydroxyl groups is 1. The zero-order valence-corrected chi connectivity index (χ0v) is 11.9. The molecule has 2 rings (SSSR count). The molecular formula is C15H20N2O4. The third-order valence-electron chi connectivity index (χ3n) is 3.90. The summed E-state index contributed by atoms with van der Waals surface area (Å²) in [6.45, 7) is 0.919. The van der Waals surface area contributed by atoms with Gasteiger partial charge in [0.1, 0.15) is 0 Å². The minimum atomic E-state index is -0.447. The van der Waals surface area contributed by atoms with Gasteiger partial charge in [0.2, 0.25) is 5.91 Å². The molecule has 1 heterocycles. The number of likely N-dealkylation sites (tertiary alicyclic amines) is 1. The van der Waals surface area contributed by atoms with Gasteiger partial charge in [0, 0.05) is 31.3 Å². The van der Waals surface area contributed by atoms with Crippen LogP contribution >= 0.6 is 0 Å². The van der Waals surface area contributed by atoms with Gasteiger partial charge in [-0.05, 0) is 31.2 Å². The van der Waals surface area contributed by atoms with E-state index in [4.69, 9.17) is 5.11 Å². The van der Waals surface area contributed by atoms with Crippen LogP contribution in [-0.2, 0) is 11.2 Å². The molecule has 0 bridgehead atoms. The normalized spacial score (nSPS) is 18.0. The van der Waals surface area contributed by atoms with Crippen molar-refractivity contribution in [2.45, 2.75) is 38.1 Å². The highest BCUT2D eigenvalue weighted by Gasteiger charge is 2.27. The first-order valence-corrected chi connectivity index (χ1v) is 7.25. The van der Waals surface area contributed by atoms with Gasteiger partial charge in [-0.3, -0.25) is 14.9 Å². The van der Waals surface area contributed by atoms with Gasteiger partial charge in [0.15, 0.2) is 0 Å². The fourth-order valence-corrected chi connectivity index (χ4v) is 2.80. The number of nitrogens with zero attached hydrogens (tertiary/aromatic N) is 2. The predicted molar refractivity (Wildman–Crippen MR) is 77.9 cm³/mol. The molecule has 1 saturated heterocycles. The number of non-ortho nitro benzene ring substituents is 1. The van der Waals surface area contributed by atoms with Crippen LogP contribution in [0.25, 0.3) is 0 Å². The number of nitro benzene ring substituents is 1. The number of carbonyl (C=O) groups is 1. The van der Waals surface area contributed by atoms with Crippen molar-refractivity contribution < 1.29 is 14.8 Å². The standard InChI is InChI=1S/C15H20N2O4/c18-10-2-4-13-3-1-9-16(13)15(19)11-12-5-7-14(8-6-12)17(20)21/h5-8,13,18H,1-4,9-11H2. The van der Waals surface area contributed by atoms with Gasteiger partial charge in [-0.2, -0.15) is 0 Å². The van der Waals surface area contributed by atoms with E-state index < -0.39 is 4.92 Å². The van der Waals surface area contributed by atoms with Crippen LogP contribution in [0.2, 0.25) is 0 Å². The number of nitro groups is 1. The Morgan fingerprint density at radius 3 is 2.71 bits per heavy atom. The lowest BCUT2D eigenvalue weighted by atomic mass is 10.1. The molecule has 1 aliphatic rings. The molecule has 1 unspecified atom stereocenters. The first-order valence-electron chi connectivity index (χ1n) is 7.25. The number of amides is 1. The molecule has 1 aromatic rings. The summed E-state index contributed by atoms with van der Waals surface area (Å²) in [5.41, 5.74) is 0.826. The van der Waals surface area contributed by atoms with Crippen molar-refractivity contribution >= 4 is 11.6 Å². The lowest BCUT2D eigenvalue weighted by Crippen LogP contribution is -2.36. The van der Waals surface area contributed by atoms with Crippen LogP contribution in [0, 0.1) is 10.1 Å². The van der Waals surface area contributed by atoms with E-state index in [1.807, 2.05) is 4.90 Å². The Bertz CT molecular complexity index is 501. The fourth-order valence-electron chi connectivity index (χ4n) is 2.80. The first-order chi connectivity index (χ1) is 10.1. The Labute approximate surface area is 123 Å². The third-order valence-corrected chi connectivity index (χ3v) is 3.90. The van der Waals surface area contributed by atoms with Crippen LogP contribution in [0.5, 0.6) is 0 Å². The molecule has 114 valence electrons. The Hall–Kier alpha value is -1.95. The van der Waals surface area contributed by atoms with E-state index in [0.29, 0.717) is 6.42 Å². The van der Waals surface area contributed by atoms with E-state index in [0.717, 1.165) is 31.4 Å². The van der Waals surface area contributed by atoms with Gasteiger partial charge in [-0.1, -0.05) is 12.1 Å². The van der Waals surface area contributed by atoms with E-state index in [9.17, 15) is 14.9 Å². The van der Waals surface area contributed by atoms with Crippen LogP contribution < -0.4 is 0 Å². The molecule has 0 saturated carbocycles. The molecular weight excluding hydrogens is 272 g/mol. The fraction of sp³-hybridized carbons (Fsp3) is 0.533. The van der Waals surface area contributed by atoms with Crippen molar-refractivity contribution in [3.05, 3.63) is 39.9 Å². The van der Waals surface area contributed by atoms with Crippen LogP contribution in [0.3, 0.4) is 0 Å². The van der Waals surface area contributed by atoms with Crippen LogP contribution in [0.1, 0.15) is 31.2 Å². The topological polar surface area (TPSA) is 83.7 Å². The number of rotatable bonds is 6. The summed E-state index contributed by atoms with van der Waals surface area (Å²) in [5, 5.41) is 19.5. The van der Waals surface area contributed by atoms with Gasteiger partial charge >= 0.3 is 0 Å². The monoisotopic (exact) mass is 292 g/mol. The molecule has 0 spiro atoms. The van der Waals surface area contributed by atoms with Crippen LogP contribution in [-0.4, -0.2) is 40.0 Å². The molecule has 6 nitrogen and oxygen atoms in total. The van der Waals surface area contributed by atoms with Crippen molar-refractivity contribution in [2.24, 2.45) is 0 Å². The van der Waals surface area contributed by atoms with Gasteiger partial charge < -0.3 is 10.0 Å². The maximum atomic E-state index is 12.3. The summed E-state index contributed by atoms with van der Waals surface area (Å²) in [5.74, 6) is 0.0595. The molecule has 1 fully saturated rings. The summed E-state index contributed by atoms with van der Waals surface area (Å²) in [6.07, 6.45) is 3.82. The second-order valence-corrected chi connectivity index (χ2v) is 5.35. The number of aliphatic hydroxyl groups excluding tert-OH is 1. The number of hydrogen-bond donors (Lipinski definition) is 1.